The van der Waals surface area contributed by atoms with Crippen LogP contribution in [0.2, 0.25) is 0 Å². The number of nitrogens with zero attached hydrogens (tertiary/aromatic N) is 2. The van der Waals surface area contributed by atoms with Gasteiger partial charge in [0, 0.05) is 25.3 Å². The quantitative estimate of drug-likeness (QED) is 0.298. The Morgan fingerprint density at radius 2 is 1.94 bits per heavy atom. The van der Waals surface area contributed by atoms with Gasteiger partial charge in [-0.2, -0.15) is 0 Å². The van der Waals surface area contributed by atoms with Gasteiger partial charge in [-0.25, -0.2) is 8.42 Å². The molecule has 3 N–H and O–H groups in total. The largest absolute Gasteiger partial charge is 0.409 e. The van der Waals surface area contributed by atoms with E-state index in [0.29, 0.717) is 6.54 Å². The summed E-state index contributed by atoms with van der Waals surface area (Å²) in [4.78, 5) is 13.4. The molecule has 0 aromatic heterocycles. The van der Waals surface area contributed by atoms with Crippen LogP contribution in [-0.4, -0.2) is 54.9 Å². The number of amidine groups is 1. The summed E-state index contributed by atoms with van der Waals surface area (Å²) >= 11 is 0. The molecule has 0 saturated heterocycles. The molecule has 0 rings (SSSR count). The molecule has 0 saturated carbocycles. The van der Waals surface area contributed by atoms with Crippen LogP contribution in [0.3, 0.4) is 0 Å². The predicted octanol–water partition coefficient (Wildman–Crippen LogP) is -0.349. The van der Waals surface area contributed by atoms with Gasteiger partial charge in [0.15, 0.2) is 9.84 Å². The fourth-order valence-corrected chi connectivity index (χ4v) is 1.85. The Labute approximate surface area is 108 Å². The molecule has 0 fully saturated rings. The van der Waals surface area contributed by atoms with E-state index < -0.39 is 21.0 Å². The molecule has 0 aromatic rings. The highest BCUT2D eigenvalue weighted by Gasteiger charge is 2.28. The van der Waals surface area contributed by atoms with Crippen LogP contribution in [0.15, 0.2) is 5.16 Å². The van der Waals surface area contributed by atoms with Gasteiger partial charge in [0.25, 0.3) is 0 Å². The third kappa shape index (κ3) is 4.52. The minimum absolute atomic E-state index is 0.00765. The standard InChI is InChI=1S/C10H21N3O4S/c1-5-13(6-7(2)9(11)12-15)10(14)8(3)18(4,16)17/h7-8,15H,5-6H2,1-4H3,(H2,11,12). The van der Waals surface area contributed by atoms with Gasteiger partial charge in [0.2, 0.25) is 5.91 Å². The van der Waals surface area contributed by atoms with Crippen LogP contribution in [0.25, 0.3) is 0 Å². The van der Waals surface area contributed by atoms with Crippen molar-refractivity contribution in [2.24, 2.45) is 16.8 Å². The zero-order chi connectivity index (χ0) is 14.5. The summed E-state index contributed by atoms with van der Waals surface area (Å²) in [5.41, 5.74) is 5.43. The molecule has 106 valence electrons. The number of amides is 1. The second-order valence-corrected chi connectivity index (χ2v) is 6.64. The Hall–Kier alpha value is -1.31. The third-order valence-corrected chi connectivity index (χ3v) is 4.28. The van der Waals surface area contributed by atoms with Crippen LogP contribution in [0, 0.1) is 5.92 Å². The Balaban J connectivity index is 4.85. The van der Waals surface area contributed by atoms with Crippen molar-refractivity contribution in [3.63, 3.8) is 0 Å². The molecule has 0 aromatic carbocycles. The molecule has 0 heterocycles. The molecule has 1 amide bonds. The van der Waals surface area contributed by atoms with E-state index in [0.717, 1.165) is 6.26 Å². The van der Waals surface area contributed by atoms with Crippen molar-refractivity contribution < 1.29 is 18.4 Å². The maximum absolute atomic E-state index is 12.0. The Morgan fingerprint density at radius 3 is 2.28 bits per heavy atom. The first-order chi connectivity index (χ1) is 8.15. The number of hydrogen-bond acceptors (Lipinski definition) is 5. The molecule has 0 aliphatic heterocycles. The van der Waals surface area contributed by atoms with E-state index in [-0.39, 0.29) is 18.3 Å². The zero-order valence-corrected chi connectivity index (χ0v) is 11.9. The van der Waals surface area contributed by atoms with Crippen LogP contribution in [-0.2, 0) is 14.6 Å². The minimum atomic E-state index is -3.42. The Morgan fingerprint density at radius 1 is 1.44 bits per heavy atom. The average Bonchev–Trinajstić information content (AvgIpc) is 2.31. The summed E-state index contributed by atoms with van der Waals surface area (Å²) < 4.78 is 22.7. The number of nitrogens with two attached hydrogens (primary N) is 1. The van der Waals surface area contributed by atoms with Gasteiger partial charge in [-0.05, 0) is 13.8 Å². The molecule has 0 radical (unpaired) electrons. The molecule has 2 unspecified atom stereocenters. The molecule has 0 aliphatic rings. The number of carbonyl (C=O) groups excluding carboxylic acids is 1. The first-order valence-electron chi connectivity index (χ1n) is 5.60. The van der Waals surface area contributed by atoms with E-state index in [1.165, 1.54) is 11.8 Å². The molecule has 18 heavy (non-hydrogen) atoms. The lowest BCUT2D eigenvalue weighted by atomic mass is 10.1. The topological polar surface area (TPSA) is 113 Å². The summed E-state index contributed by atoms with van der Waals surface area (Å²) in [5, 5.41) is 10.3. The van der Waals surface area contributed by atoms with E-state index in [2.05, 4.69) is 5.16 Å². The summed E-state index contributed by atoms with van der Waals surface area (Å²) in [6.45, 7) is 5.36. The van der Waals surface area contributed by atoms with Crippen molar-refractivity contribution in [1.82, 2.24) is 4.90 Å². The van der Waals surface area contributed by atoms with Gasteiger partial charge in [-0.15, -0.1) is 0 Å². The number of hydrogen-bond donors (Lipinski definition) is 2. The summed E-state index contributed by atoms with van der Waals surface area (Å²) in [6, 6.07) is 0. The molecule has 0 spiro atoms. The van der Waals surface area contributed by atoms with Crippen molar-refractivity contribution in [3.05, 3.63) is 0 Å². The molecular weight excluding hydrogens is 258 g/mol. The van der Waals surface area contributed by atoms with Crippen molar-refractivity contribution in [1.29, 1.82) is 0 Å². The van der Waals surface area contributed by atoms with Gasteiger partial charge >= 0.3 is 0 Å². The van der Waals surface area contributed by atoms with E-state index in [1.807, 2.05) is 0 Å². The van der Waals surface area contributed by atoms with Gasteiger partial charge in [0.1, 0.15) is 11.1 Å². The van der Waals surface area contributed by atoms with Crippen molar-refractivity contribution in [2.45, 2.75) is 26.0 Å². The zero-order valence-electron chi connectivity index (χ0n) is 11.1. The molecule has 2 atom stereocenters. The monoisotopic (exact) mass is 279 g/mol. The highest BCUT2D eigenvalue weighted by molar-refractivity contribution is 7.92. The van der Waals surface area contributed by atoms with Crippen LogP contribution in [0.4, 0.5) is 0 Å². The van der Waals surface area contributed by atoms with E-state index in [4.69, 9.17) is 10.9 Å². The smallest absolute Gasteiger partial charge is 0.240 e. The summed E-state index contributed by atoms with van der Waals surface area (Å²) in [6.07, 6.45) is 1.02. The Kier molecular flexibility index (Phi) is 6.10. The maximum Gasteiger partial charge on any atom is 0.240 e. The fraction of sp³-hybridized carbons (Fsp3) is 0.800. The highest BCUT2D eigenvalue weighted by atomic mass is 32.2. The molecule has 8 heteroatoms. The lowest BCUT2D eigenvalue weighted by molar-refractivity contribution is -0.130. The molecular formula is C10H21N3O4S. The van der Waals surface area contributed by atoms with Gasteiger partial charge < -0.3 is 15.8 Å². The molecule has 7 nitrogen and oxygen atoms in total. The SMILES string of the molecule is CCN(CC(C)C(N)=NO)C(=O)C(C)S(C)(=O)=O. The fourth-order valence-electron chi connectivity index (χ4n) is 1.34. The van der Waals surface area contributed by atoms with Crippen LogP contribution < -0.4 is 5.73 Å². The lowest BCUT2D eigenvalue weighted by Crippen LogP contribution is -2.44. The first-order valence-corrected chi connectivity index (χ1v) is 7.55. The maximum atomic E-state index is 12.0. The normalized spacial score (nSPS) is 16.1. The van der Waals surface area contributed by atoms with E-state index in [9.17, 15) is 13.2 Å². The number of sulfone groups is 1. The van der Waals surface area contributed by atoms with Crippen LogP contribution in [0.5, 0.6) is 0 Å². The number of carbonyl (C=O) groups is 1. The average molecular weight is 279 g/mol. The van der Waals surface area contributed by atoms with Gasteiger partial charge in [0.05, 0.1) is 0 Å². The first kappa shape index (κ1) is 16.7. The van der Waals surface area contributed by atoms with Crippen molar-refractivity contribution >= 4 is 21.6 Å². The second-order valence-electron chi connectivity index (χ2n) is 4.27. The van der Waals surface area contributed by atoms with E-state index >= 15 is 0 Å². The summed E-state index contributed by atoms with van der Waals surface area (Å²) in [7, 11) is -3.42. The van der Waals surface area contributed by atoms with Crippen molar-refractivity contribution in [3.8, 4) is 0 Å². The molecule has 0 aliphatic carbocycles. The predicted molar refractivity (Wildman–Crippen MR) is 69.1 cm³/mol. The Bertz CT molecular complexity index is 419. The highest BCUT2D eigenvalue weighted by Crippen LogP contribution is 2.07. The summed E-state index contributed by atoms with van der Waals surface area (Å²) in [5.74, 6) is -0.809. The van der Waals surface area contributed by atoms with Gasteiger partial charge in [-0.1, -0.05) is 12.1 Å². The van der Waals surface area contributed by atoms with E-state index in [1.54, 1.807) is 13.8 Å². The second kappa shape index (κ2) is 6.58. The third-order valence-electron chi connectivity index (χ3n) is 2.80. The van der Waals surface area contributed by atoms with Crippen LogP contribution >= 0.6 is 0 Å². The lowest BCUT2D eigenvalue weighted by Gasteiger charge is -2.26. The number of rotatable bonds is 6. The molecule has 0 bridgehead atoms. The van der Waals surface area contributed by atoms with Crippen molar-refractivity contribution in [2.75, 3.05) is 19.3 Å². The van der Waals surface area contributed by atoms with Gasteiger partial charge in [-0.3, -0.25) is 4.79 Å². The van der Waals surface area contributed by atoms with Crippen LogP contribution in [0.1, 0.15) is 20.8 Å². The number of oxime groups is 1. The minimum Gasteiger partial charge on any atom is -0.409 e.